The predicted molar refractivity (Wildman–Crippen MR) is 111 cm³/mol. The van der Waals surface area contributed by atoms with Gasteiger partial charge >= 0.3 is 0 Å². The summed E-state index contributed by atoms with van der Waals surface area (Å²) in [6.07, 6.45) is 5.10. The molecule has 0 N–H and O–H groups in total. The first-order chi connectivity index (χ1) is 14.1. The summed E-state index contributed by atoms with van der Waals surface area (Å²) in [5, 5.41) is 5.17. The fourth-order valence-corrected chi connectivity index (χ4v) is 4.52. The number of aromatic nitrogens is 4. The Kier molecular flexibility index (Phi) is 5.71. The molecule has 0 fully saturated rings. The van der Waals surface area contributed by atoms with Gasteiger partial charge in [0, 0.05) is 30.4 Å². The molecule has 3 aromatic rings. The SMILES string of the molecule is CCCCSc1nc2nc3c(cn2n1)C(=O)C[C@H](c1ccc(OC)cc1OC)C3. The molecular formula is C21H24N4O3S. The van der Waals surface area contributed by atoms with Crippen LogP contribution in [0.1, 0.15) is 53.7 Å². The van der Waals surface area contributed by atoms with Crippen LogP contribution in [0.15, 0.2) is 29.6 Å². The maximum absolute atomic E-state index is 12.9. The molecule has 1 aliphatic rings. The van der Waals surface area contributed by atoms with Crippen molar-refractivity contribution in [2.24, 2.45) is 0 Å². The molecule has 1 aliphatic carbocycles. The number of nitrogens with zero attached hydrogens (tertiary/aromatic N) is 4. The predicted octanol–water partition coefficient (Wildman–Crippen LogP) is 3.95. The van der Waals surface area contributed by atoms with E-state index in [1.807, 2.05) is 18.2 Å². The highest BCUT2D eigenvalue weighted by molar-refractivity contribution is 7.99. The quantitative estimate of drug-likeness (QED) is 0.429. The minimum atomic E-state index is 0.00660. The number of carbonyl (C=O) groups is 1. The first kappa shape index (κ1) is 19.7. The monoisotopic (exact) mass is 412 g/mol. The van der Waals surface area contributed by atoms with E-state index in [0.29, 0.717) is 29.3 Å². The molecule has 1 aromatic carbocycles. The summed E-state index contributed by atoms with van der Waals surface area (Å²) in [6, 6.07) is 5.72. The Labute approximate surface area is 173 Å². The Morgan fingerprint density at radius 3 is 2.83 bits per heavy atom. The fraction of sp³-hybridized carbons (Fsp3) is 0.429. The number of ketones is 1. The summed E-state index contributed by atoms with van der Waals surface area (Å²) in [5.41, 5.74) is 2.40. The molecule has 0 saturated carbocycles. The number of unbranched alkanes of at least 4 members (excludes halogenated alkanes) is 1. The van der Waals surface area contributed by atoms with Crippen LogP contribution in [0, 0.1) is 0 Å². The van der Waals surface area contributed by atoms with E-state index in [2.05, 4.69) is 22.0 Å². The average Bonchev–Trinajstić information content (AvgIpc) is 3.13. The molecule has 29 heavy (non-hydrogen) atoms. The largest absolute Gasteiger partial charge is 0.497 e. The van der Waals surface area contributed by atoms with Crippen LogP contribution in [0.25, 0.3) is 5.78 Å². The maximum Gasteiger partial charge on any atom is 0.253 e. The molecule has 0 amide bonds. The minimum Gasteiger partial charge on any atom is -0.497 e. The summed E-state index contributed by atoms with van der Waals surface area (Å²) in [4.78, 5) is 22.1. The number of rotatable bonds is 7. The third-order valence-corrected chi connectivity index (χ3v) is 6.10. The number of thioether (sulfide) groups is 1. The summed E-state index contributed by atoms with van der Waals surface area (Å²) in [6.45, 7) is 2.16. The van der Waals surface area contributed by atoms with Crippen molar-refractivity contribution in [3.8, 4) is 11.5 Å². The summed E-state index contributed by atoms with van der Waals surface area (Å²) >= 11 is 1.62. The van der Waals surface area contributed by atoms with E-state index in [9.17, 15) is 4.79 Å². The van der Waals surface area contributed by atoms with Gasteiger partial charge in [0.1, 0.15) is 11.5 Å². The minimum absolute atomic E-state index is 0.00660. The second-order valence-electron chi connectivity index (χ2n) is 7.08. The molecular weight excluding hydrogens is 388 g/mol. The molecule has 0 radical (unpaired) electrons. The zero-order chi connectivity index (χ0) is 20.4. The third kappa shape index (κ3) is 3.94. The number of benzene rings is 1. The lowest BCUT2D eigenvalue weighted by Crippen LogP contribution is -2.21. The highest BCUT2D eigenvalue weighted by atomic mass is 32.2. The van der Waals surface area contributed by atoms with E-state index in [0.717, 1.165) is 41.4 Å². The Morgan fingerprint density at radius 2 is 2.07 bits per heavy atom. The molecule has 7 nitrogen and oxygen atoms in total. The van der Waals surface area contributed by atoms with Crippen molar-refractivity contribution >= 4 is 23.3 Å². The van der Waals surface area contributed by atoms with E-state index in [1.54, 1.807) is 36.7 Å². The van der Waals surface area contributed by atoms with Crippen molar-refractivity contribution in [2.75, 3.05) is 20.0 Å². The highest BCUT2D eigenvalue weighted by Crippen LogP contribution is 2.38. The molecule has 0 saturated heterocycles. The molecule has 1 atom stereocenters. The maximum atomic E-state index is 12.9. The third-order valence-electron chi connectivity index (χ3n) is 5.17. The smallest absolute Gasteiger partial charge is 0.253 e. The molecule has 0 unspecified atom stereocenters. The first-order valence-electron chi connectivity index (χ1n) is 9.77. The van der Waals surface area contributed by atoms with Gasteiger partial charge in [0.2, 0.25) is 5.16 Å². The van der Waals surface area contributed by atoms with Gasteiger partial charge in [-0.25, -0.2) is 9.50 Å². The van der Waals surface area contributed by atoms with Gasteiger partial charge in [-0.15, -0.1) is 5.10 Å². The number of methoxy groups -OCH3 is 2. The molecule has 0 aliphatic heterocycles. The molecule has 2 aromatic heterocycles. The Bertz CT molecular complexity index is 1050. The standard InChI is InChI=1S/C21H24N4O3S/c1-4-5-8-29-21-23-20-22-17-9-13(10-18(26)16(17)12-25(20)24-21)15-7-6-14(27-2)11-19(15)28-3/h6-7,11-13H,4-5,8-10H2,1-3H3/t13-/m1/s1. The van der Waals surface area contributed by atoms with Crippen molar-refractivity contribution in [1.82, 2.24) is 19.6 Å². The summed E-state index contributed by atoms with van der Waals surface area (Å²) in [7, 11) is 3.25. The van der Waals surface area contributed by atoms with Gasteiger partial charge in [0.25, 0.3) is 5.78 Å². The highest BCUT2D eigenvalue weighted by Gasteiger charge is 2.30. The Balaban J connectivity index is 1.64. The lowest BCUT2D eigenvalue weighted by molar-refractivity contribution is 0.0962. The van der Waals surface area contributed by atoms with E-state index >= 15 is 0 Å². The second-order valence-corrected chi connectivity index (χ2v) is 8.14. The molecule has 2 heterocycles. The van der Waals surface area contributed by atoms with Crippen molar-refractivity contribution < 1.29 is 14.3 Å². The molecule has 4 rings (SSSR count). The lowest BCUT2D eigenvalue weighted by atomic mass is 9.82. The normalized spacial score (nSPS) is 16.1. The van der Waals surface area contributed by atoms with Crippen molar-refractivity contribution in [1.29, 1.82) is 0 Å². The van der Waals surface area contributed by atoms with Gasteiger partial charge in [-0.1, -0.05) is 31.2 Å². The number of carbonyl (C=O) groups excluding carboxylic acids is 1. The van der Waals surface area contributed by atoms with Crippen LogP contribution >= 0.6 is 11.8 Å². The number of Topliss-reactive ketones (excluding diaryl/α,β-unsaturated/α-hetero) is 1. The van der Waals surface area contributed by atoms with E-state index in [4.69, 9.17) is 9.47 Å². The van der Waals surface area contributed by atoms with Crippen molar-refractivity contribution in [3.63, 3.8) is 0 Å². The second kappa shape index (κ2) is 8.41. The van der Waals surface area contributed by atoms with Gasteiger partial charge in [0.15, 0.2) is 5.78 Å². The van der Waals surface area contributed by atoms with E-state index in [-0.39, 0.29) is 11.7 Å². The zero-order valence-corrected chi connectivity index (χ0v) is 17.7. The molecule has 0 bridgehead atoms. The topological polar surface area (TPSA) is 78.6 Å². The van der Waals surface area contributed by atoms with Gasteiger partial charge in [-0.3, -0.25) is 4.79 Å². The van der Waals surface area contributed by atoms with Crippen LogP contribution < -0.4 is 9.47 Å². The van der Waals surface area contributed by atoms with Crippen molar-refractivity contribution in [2.45, 2.75) is 43.7 Å². The molecule has 0 spiro atoms. The average molecular weight is 413 g/mol. The number of ether oxygens (including phenoxy) is 2. The van der Waals surface area contributed by atoms with Gasteiger partial charge in [0.05, 0.1) is 25.5 Å². The van der Waals surface area contributed by atoms with Crippen LogP contribution in [-0.4, -0.2) is 45.3 Å². The summed E-state index contributed by atoms with van der Waals surface area (Å²) in [5.74, 6) is 3.04. The molecule has 8 heteroatoms. The first-order valence-corrected chi connectivity index (χ1v) is 10.8. The van der Waals surface area contributed by atoms with E-state index < -0.39 is 0 Å². The van der Waals surface area contributed by atoms with Crippen LogP contribution in [0.5, 0.6) is 11.5 Å². The fourth-order valence-electron chi connectivity index (χ4n) is 3.61. The van der Waals surface area contributed by atoms with Crippen LogP contribution in [0.2, 0.25) is 0 Å². The molecule has 152 valence electrons. The number of fused-ring (bicyclic) bond motifs is 2. The summed E-state index contributed by atoms with van der Waals surface area (Å²) < 4.78 is 12.5. The zero-order valence-electron chi connectivity index (χ0n) is 16.8. The van der Waals surface area contributed by atoms with Gasteiger partial charge in [-0.2, -0.15) is 4.98 Å². The van der Waals surface area contributed by atoms with Crippen molar-refractivity contribution in [3.05, 3.63) is 41.2 Å². The number of hydrogen-bond acceptors (Lipinski definition) is 7. The van der Waals surface area contributed by atoms with Crippen LogP contribution in [-0.2, 0) is 6.42 Å². The van der Waals surface area contributed by atoms with Crippen LogP contribution in [0.4, 0.5) is 0 Å². The van der Waals surface area contributed by atoms with Gasteiger partial charge in [-0.05, 0) is 24.5 Å². The Morgan fingerprint density at radius 1 is 1.21 bits per heavy atom. The van der Waals surface area contributed by atoms with Crippen LogP contribution in [0.3, 0.4) is 0 Å². The van der Waals surface area contributed by atoms with Gasteiger partial charge < -0.3 is 9.47 Å². The van der Waals surface area contributed by atoms with E-state index in [1.165, 1.54) is 0 Å². The number of hydrogen-bond donors (Lipinski definition) is 0. The Hall–Kier alpha value is -2.61. The lowest BCUT2D eigenvalue weighted by Gasteiger charge is -2.24.